The molecule has 0 radical (unpaired) electrons. The van der Waals surface area contributed by atoms with E-state index in [0.717, 1.165) is 5.69 Å². The van der Waals surface area contributed by atoms with Gasteiger partial charge in [-0.05, 0) is 24.3 Å². The molecule has 2 saturated heterocycles. The Hall–Kier alpha value is -4.02. The van der Waals surface area contributed by atoms with Crippen molar-refractivity contribution in [2.24, 2.45) is 0 Å². The smallest absolute Gasteiger partial charge is 0.317 e. The zero-order chi connectivity index (χ0) is 24.2. The van der Waals surface area contributed by atoms with Crippen LogP contribution in [0.15, 0.2) is 42.5 Å². The molecule has 2 aliphatic rings. The van der Waals surface area contributed by atoms with Gasteiger partial charge in [0.15, 0.2) is 11.5 Å². The number of nitro groups is 1. The summed E-state index contributed by atoms with van der Waals surface area (Å²) in [4.78, 5) is 41.3. The Morgan fingerprint density at radius 3 is 2.26 bits per heavy atom. The van der Waals surface area contributed by atoms with E-state index in [4.69, 9.17) is 9.47 Å². The van der Waals surface area contributed by atoms with Gasteiger partial charge in [0, 0.05) is 68.7 Å². The second kappa shape index (κ2) is 9.86. The van der Waals surface area contributed by atoms with Crippen LogP contribution in [0.1, 0.15) is 6.42 Å². The highest BCUT2D eigenvalue weighted by atomic mass is 16.6. The Labute approximate surface area is 197 Å². The van der Waals surface area contributed by atoms with Crippen molar-refractivity contribution in [3.8, 4) is 11.5 Å². The highest BCUT2D eigenvalue weighted by Gasteiger charge is 2.33. The monoisotopic (exact) mass is 469 g/mol. The number of carbonyl (C=O) groups is 2. The summed E-state index contributed by atoms with van der Waals surface area (Å²) in [5.74, 6) is 1.04. The summed E-state index contributed by atoms with van der Waals surface area (Å²) in [6, 6.07) is 11.2. The van der Waals surface area contributed by atoms with E-state index in [1.807, 2.05) is 0 Å². The van der Waals surface area contributed by atoms with Crippen LogP contribution in [0.3, 0.4) is 0 Å². The van der Waals surface area contributed by atoms with E-state index in [2.05, 4.69) is 10.2 Å². The minimum Gasteiger partial charge on any atom is -0.493 e. The van der Waals surface area contributed by atoms with Crippen LogP contribution in [0.5, 0.6) is 11.5 Å². The lowest BCUT2D eigenvalue weighted by Gasteiger charge is -2.36. The van der Waals surface area contributed by atoms with Crippen molar-refractivity contribution in [3.05, 3.63) is 52.6 Å². The fourth-order valence-electron chi connectivity index (χ4n) is 4.27. The molecular formula is C23H27N5O6. The molecule has 0 saturated carbocycles. The molecule has 1 N–H and O–H groups in total. The lowest BCUT2D eigenvalue weighted by Crippen LogP contribution is -2.53. The van der Waals surface area contributed by atoms with Crippen LogP contribution in [0.4, 0.5) is 21.9 Å². The van der Waals surface area contributed by atoms with Crippen molar-refractivity contribution in [1.82, 2.24) is 10.2 Å². The first-order valence-corrected chi connectivity index (χ1v) is 11.0. The first-order chi connectivity index (χ1) is 16.4. The summed E-state index contributed by atoms with van der Waals surface area (Å²) in [6.07, 6.45) is 0.225. The maximum Gasteiger partial charge on any atom is 0.317 e. The first-order valence-electron chi connectivity index (χ1n) is 11.0. The molecule has 4 rings (SSSR count). The second-order valence-corrected chi connectivity index (χ2v) is 8.14. The third kappa shape index (κ3) is 4.82. The molecule has 11 heteroatoms. The first kappa shape index (κ1) is 23.1. The number of methoxy groups -OCH3 is 2. The Balaban J connectivity index is 1.31. The van der Waals surface area contributed by atoms with Crippen LogP contribution in [0.2, 0.25) is 0 Å². The van der Waals surface area contributed by atoms with Gasteiger partial charge in [0.2, 0.25) is 5.91 Å². The van der Waals surface area contributed by atoms with Gasteiger partial charge >= 0.3 is 6.03 Å². The molecule has 0 bridgehead atoms. The Morgan fingerprint density at radius 1 is 1.00 bits per heavy atom. The van der Waals surface area contributed by atoms with Crippen LogP contribution < -0.4 is 24.6 Å². The summed E-state index contributed by atoms with van der Waals surface area (Å²) in [5, 5.41) is 13.8. The molecule has 1 atom stereocenters. The predicted molar refractivity (Wildman–Crippen MR) is 126 cm³/mol. The maximum atomic E-state index is 12.8. The lowest BCUT2D eigenvalue weighted by molar-refractivity contribution is -0.384. The molecule has 2 aromatic rings. The predicted octanol–water partition coefficient (Wildman–Crippen LogP) is 2.25. The van der Waals surface area contributed by atoms with Crippen molar-refractivity contribution < 1.29 is 24.0 Å². The van der Waals surface area contributed by atoms with Gasteiger partial charge in [-0.25, -0.2) is 4.79 Å². The molecule has 0 unspecified atom stereocenters. The molecule has 0 spiro atoms. The van der Waals surface area contributed by atoms with Crippen molar-refractivity contribution in [2.45, 2.75) is 12.5 Å². The largest absolute Gasteiger partial charge is 0.493 e. The molecule has 34 heavy (non-hydrogen) atoms. The topological polar surface area (TPSA) is 117 Å². The van der Waals surface area contributed by atoms with Crippen molar-refractivity contribution in [2.75, 3.05) is 56.7 Å². The highest BCUT2D eigenvalue weighted by Crippen LogP contribution is 2.33. The number of amides is 3. The number of urea groups is 1. The van der Waals surface area contributed by atoms with Gasteiger partial charge < -0.3 is 29.5 Å². The SMILES string of the molecule is COc1ccc(N2C[C@@H](NC(=O)N3CCN(c4ccc([N+](=O)[O-])cc4)CC3)CC2=O)cc1OC. The van der Waals surface area contributed by atoms with Crippen molar-refractivity contribution in [3.63, 3.8) is 0 Å². The molecule has 0 aromatic heterocycles. The van der Waals surface area contributed by atoms with Crippen LogP contribution in [0.25, 0.3) is 0 Å². The van der Waals surface area contributed by atoms with Gasteiger partial charge in [-0.15, -0.1) is 0 Å². The third-order valence-corrected chi connectivity index (χ3v) is 6.12. The summed E-state index contributed by atoms with van der Waals surface area (Å²) in [7, 11) is 3.09. The molecule has 2 aliphatic heterocycles. The maximum absolute atomic E-state index is 12.8. The molecule has 2 heterocycles. The fraction of sp³-hybridized carbons (Fsp3) is 0.391. The second-order valence-electron chi connectivity index (χ2n) is 8.14. The van der Waals surface area contributed by atoms with E-state index in [0.29, 0.717) is 49.9 Å². The standard InChI is InChI=1S/C23H27N5O6/c1-33-20-8-7-19(14-21(20)34-2)27-15-16(13-22(27)29)24-23(30)26-11-9-25(10-12-26)17-3-5-18(6-4-17)28(31)32/h3-8,14,16H,9-13,15H2,1-2H3,(H,24,30)/t16-/m0/s1. The number of piperazine rings is 1. The lowest BCUT2D eigenvalue weighted by atomic mass is 10.2. The number of benzene rings is 2. The minimum absolute atomic E-state index is 0.0509. The van der Waals surface area contributed by atoms with E-state index in [-0.39, 0.29) is 30.1 Å². The number of hydrogen-bond acceptors (Lipinski definition) is 7. The zero-order valence-corrected chi connectivity index (χ0v) is 19.1. The number of nitrogens with one attached hydrogen (secondary N) is 1. The van der Waals surface area contributed by atoms with Gasteiger partial charge in [-0.3, -0.25) is 14.9 Å². The number of hydrogen-bond donors (Lipinski definition) is 1. The summed E-state index contributed by atoms with van der Waals surface area (Å²) < 4.78 is 10.6. The number of ether oxygens (including phenoxy) is 2. The van der Waals surface area contributed by atoms with Crippen LogP contribution in [-0.2, 0) is 4.79 Å². The van der Waals surface area contributed by atoms with E-state index in [1.165, 1.54) is 19.2 Å². The summed E-state index contributed by atoms with van der Waals surface area (Å²) in [6.45, 7) is 2.65. The van der Waals surface area contributed by atoms with Crippen molar-refractivity contribution in [1.29, 1.82) is 0 Å². The average molecular weight is 469 g/mol. The number of nitrogens with zero attached hydrogens (tertiary/aromatic N) is 4. The number of rotatable bonds is 6. The van der Waals surface area contributed by atoms with Crippen molar-refractivity contribution >= 4 is 29.0 Å². The van der Waals surface area contributed by atoms with Gasteiger partial charge in [-0.1, -0.05) is 0 Å². The molecular weight excluding hydrogens is 442 g/mol. The fourth-order valence-corrected chi connectivity index (χ4v) is 4.27. The van der Waals surface area contributed by atoms with Crippen LogP contribution in [-0.4, -0.2) is 74.7 Å². The van der Waals surface area contributed by atoms with Gasteiger partial charge in [0.05, 0.1) is 25.2 Å². The molecule has 0 aliphatic carbocycles. The van der Waals surface area contributed by atoms with Gasteiger partial charge in [0.1, 0.15) is 0 Å². The number of anilines is 2. The van der Waals surface area contributed by atoms with Crippen LogP contribution in [0, 0.1) is 10.1 Å². The zero-order valence-electron chi connectivity index (χ0n) is 19.1. The minimum atomic E-state index is -0.425. The summed E-state index contributed by atoms with van der Waals surface area (Å²) in [5.41, 5.74) is 1.63. The number of nitro benzene ring substituents is 1. The average Bonchev–Trinajstić information content (AvgIpc) is 3.23. The Morgan fingerprint density at radius 2 is 1.65 bits per heavy atom. The molecule has 2 aromatic carbocycles. The molecule has 3 amide bonds. The number of carbonyl (C=O) groups excluding carboxylic acids is 2. The Bertz CT molecular complexity index is 1070. The number of non-ortho nitro benzene ring substituents is 1. The Kier molecular flexibility index (Phi) is 6.71. The van der Waals surface area contributed by atoms with Crippen LogP contribution >= 0.6 is 0 Å². The van der Waals surface area contributed by atoms with E-state index >= 15 is 0 Å². The van der Waals surface area contributed by atoms with Gasteiger partial charge in [-0.2, -0.15) is 0 Å². The van der Waals surface area contributed by atoms with E-state index in [1.54, 1.807) is 47.2 Å². The normalized spacial score (nSPS) is 18.1. The summed E-state index contributed by atoms with van der Waals surface area (Å²) >= 11 is 0. The quantitative estimate of drug-likeness (QED) is 0.509. The van der Waals surface area contributed by atoms with E-state index < -0.39 is 4.92 Å². The molecule has 2 fully saturated rings. The molecule has 11 nitrogen and oxygen atoms in total. The third-order valence-electron chi connectivity index (χ3n) is 6.12. The molecule has 180 valence electrons. The van der Waals surface area contributed by atoms with Gasteiger partial charge in [0.25, 0.3) is 5.69 Å². The van der Waals surface area contributed by atoms with E-state index in [9.17, 15) is 19.7 Å². The highest BCUT2D eigenvalue weighted by molar-refractivity contribution is 5.97.